The van der Waals surface area contributed by atoms with Gasteiger partial charge in [-0.2, -0.15) is 5.10 Å². The number of rotatable bonds is 3. The summed E-state index contributed by atoms with van der Waals surface area (Å²) >= 11 is 0. The van der Waals surface area contributed by atoms with E-state index in [0.29, 0.717) is 24.3 Å². The lowest BCUT2D eigenvalue weighted by molar-refractivity contribution is -0.0585. The van der Waals surface area contributed by atoms with E-state index in [1.165, 1.54) is 12.3 Å². The number of nitrogens with zero attached hydrogens (tertiary/aromatic N) is 4. The molecule has 1 aliphatic rings. The van der Waals surface area contributed by atoms with E-state index in [-0.39, 0.29) is 35.0 Å². The lowest BCUT2D eigenvalue weighted by atomic mass is 10.1. The summed E-state index contributed by atoms with van der Waals surface area (Å²) < 4.78 is 34.2. The molecule has 1 fully saturated rings. The number of fused-ring (bicyclic) bond motifs is 1. The average Bonchev–Trinajstić information content (AvgIpc) is 3.10. The van der Waals surface area contributed by atoms with Gasteiger partial charge >= 0.3 is 0 Å². The second kappa shape index (κ2) is 7.51. The highest BCUT2D eigenvalue weighted by Gasteiger charge is 2.29. The van der Waals surface area contributed by atoms with Crippen molar-refractivity contribution in [1.29, 1.82) is 0 Å². The van der Waals surface area contributed by atoms with Crippen LogP contribution in [0.2, 0.25) is 0 Å². The molecule has 2 atom stereocenters. The number of carbonyl (C=O) groups is 1. The first kappa shape index (κ1) is 19.4. The van der Waals surface area contributed by atoms with Crippen LogP contribution in [0.15, 0.2) is 36.5 Å². The van der Waals surface area contributed by atoms with Crippen LogP contribution in [0.3, 0.4) is 0 Å². The Morgan fingerprint density at radius 1 is 1.17 bits per heavy atom. The maximum absolute atomic E-state index is 13.7. The molecule has 0 N–H and O–H groups in total. The first-order valence-corrected chi connectivity index (χ1v) is 9.52. The smallest absolute Gasteiger partial charge is 0.280 e. The molecule has 1 aromatic carbocycles. The Morgan fingerprint density at radius 3 is 2.45 bits per heavy atom. The topological polar surface area (TPSA) is 59.7 Å². The van der Waals surface area contributed by atoms with Gasteiger partial charge in [-0.3, -0.25) is 4.79 Å². The van der Waals surface area contributed by atoms with Gasteiger partial charge in [0.25, 0.3) is 12.3 Å². The first-order chi connectivity index (χ1) is 13.8. The molecule has 8 heteroatoms. The van der Waals surface area contributed by atoms with E-state index in [2.05, 4.69) is 10.1 Å². The number of halogens is 2. The van der Waals surface area contributed by atoms with Crippen LogP contribution in [0, 0.1) is 6.92 Å². The molecule has 1 aliphatic heterocycles. The van der Waals surface area contributed by atoms with Gasteiger partial charge in [-0.25, -0.2) is 18.3 Å². The molecule has 6 nitrogen and oxygen atoms in total. The molecule has 0 spiro atoms. The molecule has 3 heterocycles. The van der Waals surface area contributed by atoms with Crippen molar-refractivity contribution in [2.24, 2.45) is 0 Å². The Labute approximate surface area is 167 Å². The van der Waals surface area contributed by atoms with Gasteiger partial charge in [0.1, 0.15) is 11.3 Å². The van der Waals surface area contributed by atoms with E-state index in [9.17, 15) is 13.6 Å². The fraction of sp³-hybridized carbons (Fsp3) is 0.381. The number of morpholine rings is 1. The number of hydrogen-bond donors (Lipinski definition) is 0. The minimum Gasteiger partial charge on any atom is -0.372 e. The van der Waals surface area contributed by atoms with E-state index in [0.717, 1.165) is 10.1 Å². The summed E-state index contributed by atoms with van der Waals surface area (Å²) in [4.78, 5) is 19.3. The summed E-state index contributed by atoms with van der Waals surface area (Å²) in [5.74, 6) is -0.282. The van der Waals surface area contributed by atoms with Gasteiger partial charge < -0.3 is 9.64 Å². The van der Waals surface area contributed by atoms with Gasteiger partial charge in [0, 0.05) is 18.7 Å². The summed E-state index contributed by atoms with van der Waals surface area (Å²) in [6, 6.07) is 8.76. The Hall–Kier alpha value is -2.87. The molecule has 152 valence electrons. The number of hydrogen-bond acceptors (Lipinski definition) is 4. The van der Waals surface area contributed by atoms with Gasteiger partial charge in [-0.05, 0) is 26.8 Å². The highest BCUT2D eigenvalue weighted by molar-refractivity contribution is 6.00. The molecule has 2 aromatic heterocycles. The van der Waals surface area contributed by atoms with Crippen molar-refractivity contribution >= 4 is 11.6 Å². The monoisotopic (exact) mass is 400 g/mol. The molecule has 0 bridgehead atoms. The van der Waals surface area contributed by atoms with Crippen molar-refractivity contribution in [3.8, 4) is 11.3 Å². The van der Waals surface area contributed by atoms with Crippen LogP contribution in [0.5, 0.6) is 0 Å². The molecule has 1 saturated heterocycles. The minimum absolute atomic E-state index is 0.0998. The molecule has 4 rings (SSSR count). The van der Waals surface area contributed by atoms with Gasteiger partial charge in [-0.15, -0.1) is 0 Å². The molecule has 1 amide bonds. The number of amides is 1. The Kier molecular flexibility index (Phi) is 5.04. The van der Waals surface area contributed by atoms with E-state index in [1.807, 2.05) is 45.0 Å². The third-order valence-electron chi connectivity index (χ3n) is 5.01. The van der Waals surface area contributed by atoms with Crippen LogP contribution < -0.4 is 0 Å². The summed E-state index contributed by atoms with van der Waals surface area (Å²) in [5, 5.41) is 4.04. The molecule has 0 radical (unpaired) electrons. The summed E-state index contributed by atoms with van der Waals surface area (Å²) in [6.07, 6.45) is -1.63. The summed E-state index contributed by atoms with van der Waals surface area (Å²) in [5.41, 5.74) is 2.18. The molecule has 29 heavy (non-hydrogen) atoms. The molecular weight excluding hydrogens is 378 g/mol. The van der Waals surface area contributed by atoms with E-state index >= 15 is 0 Å². The van der Waals surface area contributed by atoms with Crippen molar-refractivity contribution in [3.05, 3.63) is 53.3 Å². The van der Waals surface area contributed by atoms with Gasteiger partial charge in [0.15, 0.2) is 5.65 Å². The third kappa shape index (κ3) is 3.72. The molecule has 0 unspecified atom stereocenters. The van der Waals surface area contributed by atoms with Gasteiger partial charge in [0.05, 0.1) is 24.1 Å². The number of carbonyl (C=O) groups excluding carboxylic acids is 1. The lowest BCUT2D eigenvalue weighted by Gasteiger charge is -2.35. The number of aryl methyl sites for hydroxylation is 1. The Balaban J connectivity index is 1.81. The second-order valence-electron chi connectivity index (χ2n) is 7.49. The number of aromatic nitrogens is 3. The fourth-order valence-electron chi connectivity index (χ4n) is 3.68. The van der Waals surface area contributed by atoms with Gasteiger partial charge in [0.2, 0.25) is 0 Å². The second-order valence-corrected chi connectivity index (χ2v) is 7.49. The van der Waals surface area contributed by atoms with Crippen molar-refractivity contribution in [2.45, 2.75) is 39.4 Å². The average molecular weight is 400 g/mol. The molecule has 0 saturated carbocycles. The van der Waals surface area contributed by atoms with Crippen molar-refractivity contribution in [1.82, 2.24) is 19.5 Å². The van der Waals surface area contributed by atoms with Crippen LogP contribution in [-0.4, -0.2) is 50.7 Å². The van der Waals surface area contributed by atoms with Crippen LogP contribution in [0.25, 0.3) is 16.9 Å². The quantitative estimate of drug-likeness (QED) is 0.669. The largest absolute Gasteiger partial charge is 0.372 e. The zero-order valence-corrected chi connectivity index (χ0v) is 16.5. The number of ether oxygens (including phenoxy) is 1. The third-order valence-corrected chi connectivity index (χ3v) is 5.01. The number of benzene rings is 1. The van der Waals surface area contributed by atoms with Gasteiger partial charge in [-0.1, -0.05) is 29.8 Å². The molecule has 0 aliphatic carbocycles. The van der Waals surface area contributed by atoms with Crippen molar-refractivity contribution < 1.29 is 18.3 Å². The maximum Gasteiger partial charge on any atom is 0.280 e. The standard InChI is InChI=1S/C21H22F2N4O2/c1-12-4-6-15(7-5-12)17-8-18(19(22)23)27-20(25-17)16(9-24-27)21(28)26-10-13(2)29-14(3)11-26/h4-9,13-14,19H,10-11H2,1-3H3/t13-,14+. The Morgan fingerprint density at radius 2 is 1.83 bits per heavy atom. The molecular formula is C21H22F2N4O2. The van der Waals surface area contributed by atoms with Crippen molar-refractivity contribution in [3.63, 3.8) is 0 Å². The van der Waals surface area contributed by atoms with E-state index < -0.39 is 6.43 Å². The zero-order chi connectivity index (χ0) is 20.7. The normalized spacial score (nSPS) is 19.9. The molecule has 3 aromatic rings. The van der Waals surface area contributed by atoms with Crippen LogP contribution in [0.1, 0.15) is 41.9 Å². The highest BCUT2D eigenvalue weighted by atomic mass is 19.3. The summed E-state index contributed by atoms with van der Waals surface area (Å²) in [7, 11) is 0. The Bertz CT molecular complexity index is 1040. The predicted molar refractivity (Wildman–Crippen MR) is 104 cm³/mol. The highest BCUT2D eigenvalue weighted by Crippen LogP contribution is 2.27. The van der Waals surface area contributed by atoms with Crippen LogP contribution in [0.4, 0.5) is 8.78 Å². The minimum atomic E-state index is -2.75. The predicted octanol–water partition coefficient (Wildman–Crippen LogP) is 3.89. The first-order valence-electron chi connectivity index (χ1n) is 9.52. The van der Waals surface area contributed by atoms with Crippen LogP contribution in [-0.2, 0) is 4.74 Å². The SMILES string of the molecule is Cc1ccc(-c2cc(C(F)F)n3ncc(C(=O)N4C[C@@H](C)O[C@@H](C)C4)c3n2)cc1. The number of alkyl halides is 2. The van der Waals surface area contributed by atoms with Crippen molar-refractivity contribution in [2.75, 3.05) is 13.1 Å². The van der Waals surface area contributed by atoms with Crippen LogP contribution >= 0.6 is 0 Å². The summed E-state index contributed by atoms with van der Waals surface area (Å²) in [6.45, 7) is 6.60. The maximum atomic E-state index is 13.7. The van der Waals surface area contributed by atoms with E-state index in [4.69, 9.17) is 4.74 Å². The zero-order valence-electron chi connectivity index (χ0n) is 16.5. The van der Waals surface area contributed by atoms with E-state index in [1.54, 1.807) is 4.90 Å². The fourth-order valence-corrected chi connectivity index (χ4v) is 3.68. The lowest BCUT2D eigenvalue weighted by Crippen LogP contribution is -2.48.